The molecule has 1 aliphatic heterocycles. The smallest absolute Gasteiger partial charge is 0.195 e. The minimum Gasteiger partial charge on any atom is -0.508 e. The molecule has 3 aromatic rings. The van der Waals surface area contributed by atoms with Crippen molar-refractivity contribution in [2.45, 2.75) is 32.6 Å². The number of nitrogens with zero attached hydrogens (tertiary/aromatic N) is 1. The predicted octanol–water partition coefficient (Wildman–Crippen LogP) is 7.65. The number of ether oxygens (including phenoxy) is 1. The number of carbonyl (C=O) groups is 1. The Hall–Kier alpha value is -3.06. The Labute approximate surface area is 233 Å². The summed E-state index contributed by atoms with van der Waals surface area (Å²) in [7, 11) is 0. The molecule has 0 saturated carbocycles. The number of aliphatic hydroxyl groups is 1. The zero-order valence-electron chi connectivity index (χ0n) is 21.9. The Kier molecular flexibility index (Phi) is 9.67. The van der Waals surface area contributed by atoms with Crippen molar-refractivity contribution in [2.24, 2.45) is 0 Å². The SMILES string of the molecule is CCl.Cc1c(O)ccc2c(C(=O)c3ccc(OCCN4CCCCC4)cc3)c(C3=CC=C(O)C=CC3)sc12. The number of alkyl halides is 1. The molecule has 1 saturated heterocycles. The van der Waals surface area contributed by atoms with E-state index in [1.165, 1.54) is 37.0 Å². The molecule has 0 amide bonds. The maximum Gasteiger partial charge on any atom is 0.195 e. The lowest BCUT2D eigenvalue weighted by molar-refractivity contribution is 0.104. The molecule has 2 heterocycles. The number of aryl methyl sites for hydroxylation is 1. The van der Waals surface area contributed by atoms with Crippen LogP contribution in [0.2, 0.25) is 0 Å². The first-order chi connectivity index (χ1) is 18.5. The number of ketones is 1. The van der Waals surface area contributed by atoms with E-state index in [1.54, 1.807) is 18.2 Å². The van der Waals surface area contributed by atoms with Gasteiger partial charge in [0.2, 0.25) is 0 Å². The molecule has 2 aromatic carbocycles. The van der Waals surface area contributed by atoms with E-state index in [-0.39, 0.29) is 17.3 Å². The fourth-order valence-electron chi connectivity index (χ4n) is 4.84. The van der Waals surface area contributed by atoms with E-state index in [9.17, 15) is 15.0 Å². The number of carbonyl (C=O) groups excluding carboxylic acids is 1. The summed E-state index contributed by atoms with van der Waals surface area (Å²) in [6.45, 7) is 5.72. The molecule has 200 valence electrons. The van der Waals surface area contributed by atoms with Crippen LogP contribution in [0.15, 0.2) is 66.5 Å². The quantitative estimate of drug-likeness (QED) is 0.233. The first kappa shape index (κ1) is 28.0. The highest BCUT2D eigenvalue weighted by Gasteiger charge is 2.24. The van der Waals surface area contributed by atoms with Crippen molar-refractivity contribution in [3.8, 4) is 11.5 Å². The van der Waals surface area contributed by atoms with E-state index in [0.717, 1.165) is 51.5 Å². The van der Waals surface area contributed by atoms with Crippen LogP contribution < -0.4 is 4.74 Å². The van der Waals surface area contributed by atoms with Gasteiger partial charge in [-0.25, -0.2) is 0 Å². The summed E-state index contributed by atoms with van der Waals surface area (Å²) in [5.41, 5.74) is 2.94. The van der Waals surface area contributed by atoms with Crippen LogP contribution in [0.4, 0.5) is 0 Å². The number of aliphatic hydroxyl groups excluding tert-OH is 1. The number of rotatable bonds is 7. The molecule has 0 unspecified atom stereocenters. The monoisotopic (exact) mass is 551 g/mol. The second kappa shape index (κ2) is 13.1. The van der Waals surface area contributed by atoms with Gasteiger partial charge in [0.25, 0.3) is 0 Å². The molecule has 0 radical (unpaired) electrons. The third-order valence-electron chi connectivity index (χ3n) is 6.92. The third-order valence-corrected chi connectivity index (χ3v) is 8.32. The van der Waals surface area contributed by atoms with Gasteiger partial charge in [0.1, 0.15) is 23.9 Å². The van der Waals surface area contributed by atoms with Gasteiger partial charge in [-0.1, -0.05) is 18.6 Å². The second-order valence-electron chi connectivity index (χ2n) is 9.39. The third kappa shape index (κ3) is 6.32. The van der Waals surface area contributed by atoms with Gasteiger partial charge >= 0.3 is 0 Å². The standard InChI is InChI=1S/C30H31NO4S.CH3Cl/c1-20-26(33)15-14-25-27(30(36-29(20)25)22-6-5-7-23(32)11-8-22)28(34)21-9-12-24(13-10-21)35-19-18-31-16-3-2-4-17-31;1-2/h5,7-15,32-33H,2-4,6,16-19H2,1H3;1H3. The van der Waals surface area contributed by atoms with Crippen LogP contribution in [0.25, 0.3) is 15.7 Å². The highest BCUT2D eigenvalue weighted by molar-refractivity contribution is 7.20. The highest BCUT2D eigenvalue weighted by atomic mass is 35.5. The van der Waals surface area contributed by atoms with Crippen molar-refractivity contribution in [2.75, 3.05) is 32.6 Å². The Morgan fingerprint density at radius 2 is 1.76 bits per heavy atom. The Morgan fingerprint density at radius 1 is 1.03 bits per heavy atom. The molecule has 38 heavy (non-hydrogen) atoms. The molecule has 5 nitrogen and oxygen atoms in total. The molecule has 5 rings (SSSR count). The van der Waals surface area contributed by atoms with E-state index < -0.39 is 0 Å². The van der Waals surface area contributed by atoms with E-state index in [1.807, 2.05) is 49.4 Å². The largest absolute Gasteiger partial charge is 0.508 e. The molecule has 1 aromatic heterocycles. The van der Waals surface area contributed by atoms with Crippen molar-refractivity contribution in [1.82, 2.24) is 4.90 Å². The van der Waals surface area contributed by atoms with Crippen LogP contribution in [0.3, 0.4) is 0 Å². The summed E-state index contributed by atoms with van der Waals surface area (Å²) in [6, 6.07) is 10.9. The molecule has 1 fully saturated rings. The highest BCUT2D eigenvalue weighted by Crippen LogP contribution is 2.42. The first-order valence-corrected chi connectivity index (χ1v) is 14.5. The Bertz CT molecular complexity index is 1360. The zero-order chi connectivity index (χ0) is 27.1. The number of phenolic OH excluding ortho intramolecular Hbond substituents is 1. The number of halogens is 1. The van der Waals surface area contributed by atoms with Gasteiger partial charge in [0.15, 0.2) is 5.78 Å². The lowest BCUT2D eigenvalue weighted by Crippen LogP contribution is -2.33. The number of hydrogen-bond acceptors (Lipinski definition) is 6. The fourth-order valence-corrected chi connectivity index (χ4v) is 6.17. The van der Waals surface area contributed by atoms with Crippen LogP contribution in [0.1, 0.15) is 52.0 Å². The van der Waals surface area contributed by atoms with Gasteiger partial charge in [0.05, 0.1) is 0 Å². The lowest BCUT2D eigenvalue weighted by Gasteiger charge is -2.26. The summed E-state index contributed by atoms with van der Waals surface area (Å²) in [4.78, 5) is 17.2. The minimum absolute atomic E-state index is 0.0662. The van der Waals surface area contributed by atoms with Crippen molar-refractivity contribution >= 4 is 44.4 Å². The average molecular weight is 552 g/mol. The van der Waals surface area contributed by atoms with Crippen molar-refractivity contribution in [1.29, 1.82) is 0 Å². The summed E-state index contributed by atoms with van der Waals surface area (Å²) in [6.07, 6.45) is 13.0. The molecule has 1 aliphatic carbocycles. The molecule has 0 atom stereocenters. The second-order valence-corrected chi connectivity index (χ2v) is 10.4. The van der Waals surface area contributed by atoms with Crippen LogP contribution >= 0.6 is 22.9 Å². The van der Waals surface area contributed by atoms with Gasteiger partial charge in [-0.2, -0.15) is 0 Å². The van der Waals surface area contributed by atoms with Gasteiger partial charge in [-0.3, -0.25) is 9.69 Å². The van der Waals surface area contributed by atoms with Gasteiger partial charge < -0.3 is 14.9 Å². The summed E-state index contributed by atoms with van der Waals surface area (Å²) in [5.74, 6) is 1.09. The number of phenols is 1. The summed E-state index contributed by atoms with van der Waals surface area (Å²) in [5, 5.41) is 21.0. The maximum atomic E-state index is 13.8. The molecular formula is C31H34ClNO4S. The molecule has 2 N–H and O–H groups in total. The van der Waals surface area contributed by atoms with Crippen LogP contribution in [-0.4, -0.2) is 53.5 Å². The van der Waals surface area contributed by atoms with Gasteiger partial charge in [-0.15, -0.1) is 22.9 Å². The summed E-state index contributed by atoms with van der Waals surface area (Å²) >= 11 is 6.15. The molecule has 2 aliphatic rings. The zero-order valence-corrected chi connectivity index (χ0v) is 23.4. The van der Waals surface area contributed by atoms with E-state index in [0.29, 0.717) is 24.2 Å². The molecule has 0 spiro atoms. The van der Waals surface area contributed by atoms with Crippen LogP contribution in [0.5, 0.6) is 11.5 Å². The maximum absolute atomic E-state index is 13.8. The van der Waals surface area contributed by atoms with E-state index in [4.69, 9.17) is 4.74 Å². The normalized spacial score (nSPS) is 15.8. The van der Waals surface area contributed by atoms with Crippen molar-refractivity contribution in [3.63, 3.8) is 0 Å². The Balaban J connectivity index is 0.00000164. The summed E-state index contributed by atoms with van der Waals surface area (Å²) < 4.78 is 6.85. The number of benzene rings is 2. The average Bonchev–Trinajstić information content (AvgIpc) is 3.21. The van der Waals surface area contributed by atoms with E-state index in [2.05, 4.69) is 16.5 Å². The number of piperidine rings is 1. The first-order valence-electron chi connectivity index (χ1n) is 12.9. The van der Waals surface area contributed by atoms with Crippen molar-refractivity contribution in [3.05, 3.63) is 88.0 Å². The number of allylic oxidation sites excluding steroid dienone is 5. The minimum atomic E-state index is -0.0662. The number of aromatic hydroxyl groups is 1. The van der Waals surface area contributed by atoms with Gasteiger partial charge in [0, 0.05) is 44.6 Å². The number of likely N-dealkylation sites (tertiary alicyclic amines) is 1. The number of fused-ring (bicyclic) bond motifs is 1. The van der Waals surface area contributed by atoms with Gasteiger partial charge in [-0.05, 0) is 93.4 Å². The number of thiophene rings is 1. The van der Waals surface area contributed by atoms with Crippen LogP contribution in [-0.2, 0) is 0 Å². The van der Waals surface area contributed by atoms with E-state index >= 15 is 0 Å². The lowest BCUT2D eigenvalue weighted by atomic mass is 9.95. The Morgan fingerprint density at radius 3 is 2.50 bits per heavy atom. The molecule has 0 bridgehead atoms. The molecule has 7 heteroatoms. The van der Waals surface area contributed by atoms with Crippen LogP contribution in [0, 0.1) is 6.92 Å². The van der Waals surface area contributed by atoms with Crippen molar-refractivity contribution < 1.29 is 19.7 Å². The topological polar surface area (TPSA) is 70.0 Å². The predicted molar refractivity (Wildman–Crippen MR) is 158 cm³/mol. The number of hydrogen-bond donors (Lipinski definition) is 2. The fraction of sp³-hybridized carbons (Fsp3) is 0.323. The molecular weight excluding hydrogens is 518 g/mol.